The molecule has 2 aromatic rings. The first kappa shape index (κ1) is 14.8. The number of thiophene rings is 1. The molecular weight excluding hydrogens is 316 g/mol. The number of hydrogen-bond donors (Lipinski definition) is 0. The SMILES string of the molecule is Cc1c(C=O)sc2c1c(=O)n([C@H]1C[C@@H]1C)c(=O)n2CC1CCO1. The minimum Gasteiger partial charge on any atom is -0.376 e. The summed E-state index contributed by atoms with van der Waals surface area (Å²) < 4.78 is 8.48. The van der Waals surface area contributed by atoms with Crippen LogP contribution < -0.4 is 11.2 Å². The second-order valence-corrected chi connectivity index (χ2v) is 7.55. The summed E-state index contributed by atoms with van der Waals surface area (Å²) in [4.78, 5) is 38.1. The summed E-state index contributed by atoms with van der Waals surface area (Å²) in [6.07, 6.45) is 2.54. The standard InChI is InChI=1S/C16H18N2O4S/c1-8-5-11(8)18-14(20)13-9(2)12(7-19)23-15(13)17(16(18)21)6-10-3-4-22-10/h7-8,10-11H,3-6H2,1-2H3/t8-,10?,11-/m0/s1. The maximum absolute atomic E-state index is 12.9. The molecule has 3 atom stereocenters. The van der Waals surface area contributed by atoms with Gasteiger partial charge in [-0.2, -0.15) is 0 Å². The van der Waals surface area contributed by atoms with Gasteiger partial charge in [0, 0.05) is 12.6 Å². The highest BCUT2D eigenvalue weighted by molar-refractivity contribution is 7.20. The van der Waals surface area contributed by atoms with E-state index in [1.165, 1.54) is 15.9 Å². The zero-order chi connectivity index (χ0) is 16.3. The fourth-order valence-electron chi connectivity index (χ4n) is 3.24. The normalized spacial score (nSPS) is 26.3. The summed E-state index contributed by atoms with van der Waals surface area (Å²) in [7, 11) is 0. The molecule has 1 unspecified atom stereocenters. The van der Waals surface area contributed by atoms with E-state index < -0.39 is 0 Å². The summed E-state index contributed by atoms with van der Waals surface area (Å²) in [5, 5.41) is 0.509. The van der Waals surface area contributed by atoms with Gasteiger partial charge in [-0.1, -0.05) is 6.92 Å². The zero-order valence-electron chi connectivity index (χ0n) is 13.1. The van der Waals surface area contributed by atoms with E-state index in [0.29, 0.717) is 39.7 Å². The summed E-state index contributed by atoms with van der Waals surface area (Å²) in [5.41, 5.74) is 0.147. The van der Waals surface area contributed by atoms with Crippen molar-refractivity contribution in [2.24, 2.45) is 5.92 Å². The molecule has 122 valence electrons. The lowest BCUT2D eigenvalue weighted by Crippen LogP contribution is -2.43. The van der Waals surface area contributed by atoms with E-state index in [0.717, 1.165) is 19.1 Å². The molecule has 0 aromatic carbocycles. The van der Waals surface area contributed by atoms with Gasteiger partial charge in [-0.15, -0.1) is 11.3 Å². The molecule has 2 aromatic heterocycles. The fourth-order valence-corrected chi connectivity index (χ4v) is 4.36. The topological polar surface area (TPSA) is 70.3 Å². The zero-order valence-corrected chi connectivity index (χ0v) is 13.9. The molecule has 6 nitrogen and oxygen atoms in total. The molecule has 1 saturated heterocycles. The highest BCUT2D eigenvalue weighted by Gasteiger charge is 2.38. The first-order chi connectivity index (χ1) is 11.0. The number of aromatic nitrogens is 2. The highest BCUT2D eigenvalue weighted by atomic mass is 32.1. The van der Waals surface area contributed by atoms with E-state index in [9.17, 15) is 14.4 Å². The third kappa shape index (κ3) is 2.14. The molecule has 0 bridgehead atoms. The molecule has 3 heterocycles. The van der Waals surface area contributed by atoms with Gasteiger partial charge in [0.1, 0.15) is 4.83 Å². The molecular formula is C16H18N2O4S. The van der Waals surface area contributed by atoms with Gasteiger partial charge in [-0.05, 0) is 31.2 Å². The van der Waals surface area contributed by atoms with Crippen LogP contribution in [-0.2, 0) is 11.3 Å². The molecule has 1 saturated carbocycles. The van der Waals surface area contributed by atoms with Gasteiger partial charge in [-0.3, -0.25) is 18.7 Å². The number of hydrogen-bond acceptors (Lipinski definition) is 5. The molecule has 0 radical (unpaired) electrons. The predicted octanol–water partition coefficient (Wildman–Crippen LogP) is 1.72. The fraction of sp³-hybridized carbons (Fsp3) is 0.562. The summed E-state index contributed by atoms with van der Waals surface area (Å²) >= 11 is 1.22. The Bertz CT molecular complexity index is 919. The molecule has 0 spiro atoms. The van der Waals surface area contributed by atoms with Gasteiger partial charge in [0.15, 0.2) is 6.29 Å². The smallest absolute Gasteiger partial charge is 0.332 e. The van der Waals surface area contributed by atoms with Crippen LogP contribution in [0.25, 0.3) is 10.2 Å². The van der Waals surface area contributed by atoms with E-state index in [1.54, 1.807) is 11.5 Å². The van der Waals surface area contributed by atoms with Crippen LogP contribution >= 0.6 is 11.3 Å². The summed E-state index contributed by atoms with van der Waals surface area (Å²) in [6, 6.07) is -0.0214. The average molecular weight is 334 g/mol. The van der Waals surface area contributed by atoms with Gasteiger partial charge in [0.25, 0.3) is 5.56 Å². The third-order valence-electron chi connectivity index (χ3n) is 4.97. The number of aryl methyl sites for hydroxylation is 1. The molecule has 1 aliphatic heterocycles. The van der Waals surface area contributed by atoms with Crippen LogP contribution in [0.5, 0.6) is 0 Å². The second-order valence-electron chi connectivity index (χ2n) is 6.52. The molecule has 0 N–H and O–H groups in total. The summed E-state index contributed by atoms with van der Waals surface area (Å²) in [5.74, 6) is 0.343. The van der Waals surface area contributed by atoms with Gasteiger partial charge >= 0.3 is 5.69 Å². The predicted molar refractivity (Wildman–Crippen MR) is 87.6 cm³/mol. The maximum Gasteiger partial charge on any atom is 0.332 e. The maximum atomic E-state index is 12.9. The van der Waals surface area contributed by atoms with Crippen LogP contribution in [0.2, 0.25) is 0 Å². The number of nitrogens with zero attached hydrogens (tertiary/aromatic N) is 2. The number of carbonyl (C=O) groups is 1. The Morgan fingerprint density at radius 1 is 1.39 bits per heavy atom. The Kier molecular flexibility index (Phi) is 3.32. The first-order valence-corrected chi connectivity index (χ1v) is 8.69. The highest BCUT2D eigenvalue weighted by Crippen LogP contribution is 2.41. The molecule has 7 heteroatoms. The van der Waals surface area contributed by atoms with Gasteiger partial charge in [-0.25, -0.2) is 4.79 Å². The van der Waals surface area contributed by atoms with Crippen molar-refractivity contribution in [3.05, 3.63) is 31.3 Å². The van der Waals surface area contributed by atoms with Gasteiger partial charge in [0.2, 0.25) is 0 Å². The van der Waals surface area contributed by atoms with Crippen molar-refractivity contribution in [2.75, 3.05) is 6.61 Å². The molecule has 2 fully saturated rings. The van der Waals surface area contributed by atoms with Crippen LogP contribution in [0.1, 0.15) is 41.0 Å². The lowest BCUT2D eigenvalue weighted by atomic mass is 10.2. The van der Waals surface area contributed by atoms with Crippen LogP contribution in [0, 0.1) is 12.8 Å². The van der Waals surface area contributed by atoms with E-state index in [4.69, 9.17) is 4.74 Å². The summed E-state index contributed by atoms with van der Waals surface area (Å²) in [6.45, 7) is 4.97. The van der Waals surface area contributed by atoms with Crippen LogP contribution in [0.3, 0.4) is 0 Å². The molecule has 4 rings (SSSR count). The minimum absolute atomic E-state index is 0.0144. The van der Waals surface area contributed by atoms with E-state index in [1.807, 2.05) is 6.92 Å². The Labute approximate surface area is 136 Å². The number of carbonyl (C=O) groups excluding carboxylic acids is 1. The van der Waals surface area contributed by atoms with Crippen molar-refractivity contribution < 1.29 is 9.53 Å². The van der Waals surface area contributed by atoms with Crippen LogP contribution in [0.15, 0.2) is 9.59 Å². The van der Waals surface area contributed by atoms with Crippen molar-refractivity contribution in [1.29, 1.82) is 0 Å². The monoisotopic (exact) mass is 334 g/mol. The molecule has 23 heavy (non-hydrogen) atoms. The Morgan fingerprint density at radius 3 is 2.61 bits per heavy atom. The minimum atomic E-state index is -0.272. The Hall–Kier alpha value is -1.73. The van der Waals surface area contributed by atoms with Crippen molar-refractivity contribution in [3.8, 4) is 0 Å². The molecule has 1 aliphatic carbocycles. The number of ether oxygens (including phenoxy) is 1. The number of aldehydes is 1. The largest absolute Gasteiger partial charge is 0.376 e. The number of fused-ring (bicyclic) bond motifs is 1. The third-order valence-corrected chi connectivity index (χ3v) is 6.21. The lowest BCUT2D eigenvalue weighted by molar-refractivity contribution is -0.0593. The molecule has 0 amide bonds. The number of rotatable bonds is 4. The van der Waals surface area contributed by atoms with Crippen molar-refractivity contribution >= 4 is 27.8 Å². The van der Waals surface area contributed by atoms with Gasteiger partial charge in [0.05, 0.1) is 22.9 Å². The van der Waals surface area contributed by atoms with E-state index >= 15 is 0 Å². The first-order valence-electron chi connectivity index (χ1n) is 7.88. The van der Waals surface area contributed by atoms with Gasteiger partial charge < -0.3 is 4.74 Å². The quantitative estimate of drug-likeness (QED) is 0.798. The van der Waals surface area contributed by atoms with Crippen LogP contribution in [0.4, 0.5) is 0 Å². The second kappa shape index (κ2) is 5.14. The van der Waals surface area contributed by atoms with Crippen molar-refractivity contribution in [3.63, 3.8) is 0 Å². The van der Waals surface area contributed by atoms with Crippen molar-refractivity contribution in [1.82, 2.24) is 9.13 Å². The van der Waals surface area contributed by atoms with E-state index in [2.05, 4.69) is 0 Å². The van der Waals surface area contributed by atoms with E-state index in [-0.39, 0.29) is 23.4 Å². The Morgan fingerprint density at radius 2 is 2.09 bits per heavy atom. The average Bonchev–Trinajstić information content (AvgIpc) is 3.07. The van der Waals surface area contributed by atoms with Crippen LogP contribution in [-0.4, -0.2) is 28.1 Å². The van der Waals surface area contributed by atoms with Crippen molar-refractivity contribution in [2.45, 2.75) is 45.4 Å². The molecule has 2 aliphatic rings. The lowest BCUT2D eigenvalue weighted by Gasteiger charge is -2.27. The Balaban J connectivity index is 2.02.